The quantitative estimate of drug-likeness (QED) is 0.747. The van der Waals surface area contributed by atoms with Crippen LogP contribution in [0.4, 0.5) is 5.69 Å². The number of rotatable bonds is 7. The molecule has 0 atom stereocenters. The fraction of sp³-hybridized carbons (Fsp3) is 0.263. The van der Waals surface area contributed by atoms with E-state index in [-0.39, 0.29) is 6.61 Å². The molecule has 1 N–H and O–H groups in total. The lowest BCUT2D eigenvalue weighted by Crippen LogP contribution is -2.24. The first-order chi connectivity index (χ1) is 12.4. The number of aryl methyl sites for hydroxylation is 2. The molecule has 0 aliphatic rings. The van der Waals surface area contributed by atoms with Crippen molar-refractivity contribution in [1.82, 2.24) is 0 Å². The van der Waals surface area contributed by atoms with Gasteiger partial charge >= 0.3 is 5.97 Å². The van der Waals surface area contributed by atoms with Crippen LogP contribution < -0.4 is 14.8 Å². The number of nitrogens with one attached hydrogen (secondary N) is 1. The van der Waals surface area contributed by atoms with Gasteiger partial charge in [-0.3, -0.25) is 4.79 Å². The zero-order valence-electron chi connectivity index (χ0n) is 14.8. The number of amides is 1. The maximum absolute atomic E-state index is 12.0. The predicted molar refractivity (Wildman–Crippen MR) is 99.0 cm³/mol. The van der Waals surface area contributed by atoms with E-state index < -0.39 is 18.5 Å². The molecule has 0 heterocycles. The number of hydrogen-bond donors (Lipinski definition) is 1. The van der Waals surface area contributed by atoms with Crippen LogP contribution in [0.15, 0.2) is 36.4 Å². The average Bonchev–Trinajstić information content (AvgIpc) is 2.60. The lowest BCUT2D eigenvalue weighted by Gasteiger charge is -2.12. The molecule has 0 aliphatic heterocycles. The largest absolute Gasteiger partial charge is 0.495 e. The van der Waals surface area contributed by atoms with Crippen molar-refractivity contribution in [3.63, 3.8) is 0 Å². The second kappa shape index (κ2) is 9.10. The molecule has 26 heavy (non-hydrogen) atoms. The number of benzene rings is 2. The van der Waals surface area contributed by atoms with E-state index in [2.05, 4.69) is 5.32 Å². The summed E-state index contributed by atoms with van der Waals surface area (Å²) in [7, 11) is 1.48. The van der Waals surface area contributed by atoms with Crippen molar-refractivity contribution in [2.75, 3.05) is 25.6 Å². The van der Waals surface area contributed by atoms with Gasteiger partial charge in [-0.2, -0.15) is 0 Å². The molecular weight excluding hydrogens is 358 g/mol. The van der Waals surface area contributed by atoms with Crippen LogP contribution in [0.3, 0.4) is 0 Å². The van der Waals surface area contributed by atoms with Gasteiger partial charge in [-0.1, -0.05) is 29.8 Å². The average molecular weight is 378 g/mol. The SMILES string of the molecule is COc1ccc(Cl)cc1NC(=O)COC(=O)COc1c(C)cccc1C. The van der Waals surface area contributed by atoms with E-state index in [9.17, 15) is 9.59 Å². The van der Waals surface area contributed by atoms with Gasteiger partial charge in [-0.05, 0) is 43.2 Å². The van der Waals surface area contributed by atoms with E-state index in [4.69, 9.17) is 25.8 Å². The fourth-order valence-corrected chi connectivity index (χ4v) is 2.48. The molecule has 6 nitrogen and oxygen atoms in total. The molecule has 0 saturated carbocycles. The molecule has 138 valence electrons. The second-order valence-corrected chi connectivity index (χ2v) is 6.00. The van der Waals surface area contributed by atoms with Gasteiger partial charge < -0.3 is 19.5 Å². The van der Waals surface area contributed by atoms with Crippen LogP contribution in [-0.2, 0) is 14.3 Å². The summed E-state index contributed by atoms with van der Waals surface area (Å²) in [6.07, 6.45) is 0. The van der Waals surface area contributed by atoms with E-state index in [1.54, 1.807) is 18.2 Å². The summed E-state index contributed by atoms with van der Waals surface area (Å²) in [6.45, 7) is 3.06. The Morgan fingerprint density at radius 3 is 2.42 bits per heavy atom. The number of halogens is 1. The Kier molecular flexibility index (Phi) is 6.86. The fourth-order valence-electron chi connectivity index (χ4n) is 2.31. The zero-order valence-corrected chi connectivity index (χ0v) is 15.6. The number of carbonyl (C=O) groups excluding carboxylic acids is 2. The van der Waals surface area contributed by atoms with Gasteiger partial charge in [0.05, 0.1) is 12.8 Å². The Labute approximate surface area is 157 Å². The number of anilines is 1. The van der Waals surface area contributed by atoms with E-state index in [0.717, 1.165) is 11.1 Å². The molecule has 2 rings (SSSR count). The number of ether oxygens (including phenoxy) is 3. The van der Waals surface area contributed by atoms with E-state index in [1.165, 1.54) is 7.11 Å². The molecule has 0 radical (unpaired) electrons. The van der Waals surface area contributed by atoms with Gasteiger partial charge in [0.1, 0.15) is 11.5 Å². The Morgan fingerprint density at radius 2 is 1.77 bits per heavy atom. The minimum Gasteiger partial charge on any atom is -0.495 e. The van der Waals surface area contributed by atoms with Gasteiger partial charge in [-0.25, -0.2) is 4.79 Å². The summed E-state index contributed by atoms with van der Waals surface area (Å²) in [6, 6.07) is 10.5. The Hall–Kier alpha value is -2.73. The predicted octanol–water partition coefficient (Wildman–Crippen LogP) is 3.53. The number of esters is 1. The minimum atomic E-state index is -0.638. The Bertz CT molecular complexity index is 786. The third-order valence-corrected chi connectivity index (χ3v) is 3.78. The van der Waals surface area contributed by atoms with Crippen LogP contribution in [0.1, 0.15) is 11.1 Å². The smallest absolute Gasteiger partial charge is 0.344 e. The molecule has 0 unspecified atom stereocenters. The van der Waals surface area contributed by atoms with Gasteiger partial charge in [0.25, 0.3) is 5.91 Å². The van der Waals surface area contributed by atoms with Crippen LogP contribution in [0.5, 0.6) is 11.5 Å². The van der Waals surface area contributed by atoms with Crippen molar-refractivity contribution in [3.8, 4) is 11.5 Å². The Balaban J connectivity index is 1.84. The topological polar surface area (TPSA) is 73.9 Å². The van der Waals surface area contributed by atoms with Crippen LogP contribution >= 0.6 is 11.6 Å². The Morgan fingerprint density at radius 1 is 1.08 bits per heavy atom. The molecule has 2 aromatic carbocycles. The summed E-state index contributed by atoms with van der Waals surface area (Å²) in [4.78, 5) is 23.8. The number of methoxy groups -OCH3 is 1. The van der Waals surface area contributed by atoms with Crippen molar-refractivity contribution in [2.45, 2.75) is 13.8 Å². The van der Waals surface area contributed by atoms with Crippen LogP contribution in [-0.4, -0.2) is 32.2 Å². The normalized spacial score (nSPS) is 10.2. The molecule has 0 fully saturated rings. The monoisotopic (exact) mass is 377 g/mol. The van der Waals surface area contributed by atoms with Gasteiger partial charge in [-0.15, -0.1) is 0 Å². The molecule has 2 aromatic rings. The maximum Gasteiger partial charge on any atom is 0.344 e. The van der Waals surface area contributed by atoms with E-state index in [1.807, 2.05) is 32.0 Å². The summed E-state index contributed by atoms with van der Waals surface area (Å²) in [5, 5.41) is 3.03. The summed E-state index contributed by atoms with van der Waals surface area (Å²) < 4.78 is 15.6. The summed E-state index contributed by atoms with van der Waals surface area (Å²) in [5.41, 5.74) is 2.24. The second-order valence-electron chi connectivity index (χ2n) is 5.56. The molecule has 7 heteroatoms. The third kappa shape index (κ3) is 5.39. The number of para-hydroxylation sites is 1. The molecule has 0 aliphatic carbocycles. The molecule has 0 spiro atoms. The van der Waals surface area contributed by atoms with Crippen LogP contribution in [0, 0.1) is 13.8 Å². The first-order valence-electron chi connectivity index (χ1n) is 7.88. The van der Waals surface area contributed by atoms with E-state index in [0.29, 0.717) is 22.2 Å². The third-order valence-electron chi connectivity index (χ3n) is 3.54. The van der Waals surface area contributed by atoms with Gasteiger partial charge in [0.2, 0.25) is 0 Å². The highest BCUT2D eigenvalue weighted by Crippen LogP contribution is 2.27. The van der Waals surface area contributed by atoms with Crippen LogP contribution in [0.25, 0.3) is 0 Å². The highest BCUT2D eigenvalue weighted by atomic mass is 35.5. The van der Waals surface area contributed by atoms with Crippen molar-refractivity contribution in [2.24, 2.45) is 0 Å². The molecule has 0 bridgehead atoms. The lowest BCUT2D eigenvalue weighted by atomic mass is 10.1. The first kappa shape index (κ1) is 19.6. The zero-order chi connectivity index (χ0) is 19.1. The molecule has 0 saturated heterocycles. The summed E-state index contributed by atoms with van der Waals surface area (Å²) >= 11 is 5.90. The van der Waals surface area contributed by atoms with E-state index >= 15 is 0 Å². The first-order valence-corrected chi connectivity index (χ1v) is 8.26. The molecule has 0 aromatic heterocycles. The van der Waals surface area contributed by atoms with Gasteiger partial charge in [0.15, 0.2) is 13.2 Å². The highest BCUT2D eigenvalue weighted by Gasteiger charge is 2.12. The number of hydrogen-bond acceptors (Lipinski definition) is 5. The van der Waals surface area contributed by atoms with Gasteiger partial charge in [0, 0.05) is 5.02 Å². The highest BCUT2D eigenvalue weighted by molar-refractivity contribution is 6.31. The van der Waals surface area contributed by atoms with Crippen LogP contribution in [0.2, 0.25) is 5.02 Å². The minimum absolute atomic E-state index is 0.278. The molecular formula is C19H20ClNO5. The van der Waals surface area contributed by atoms with Crippen molar-refractivity contribution in [3.05, 3.63) is 52.5 Å². The number of carbonyl (C=O) groups is 2. The maximum atomic E-state index is 12.0. The standard InChI is InChI=1S/C19H20ClNO5/c1-12-5-4-6-13(2)19(12)26-11-18(23)25-10-17(22)21-15-9-14(20)7-8-16(15)24-3/h4-9H,10-11H2,1-3H3,(H,21,22). The van der Waals surface area contributed by atoms with Crippen molar-refractivity contribution >= 4 is 29.2 Å². The summed E-state index contributed by atoms with van der Waals surface area (Å²) in [5.74, 6) is -0.0585. The van der Waals surface area contributed by atoms with Crippen molar-refractivity contribution < 1.29 is 23.8 Å². The van der Waals surface area contributed by atoms with Crippen molar-refractivity contribution in [1.29, 1.82) is 0 Å². The molecule has 1 amide bonds. The lowest BCUT2D eigenvalue weighted by molar-refractivity contribution is -0.149.